The van der Waals surface area contributed by atoms with E-state index in [4.69, 9.17) is 4.74 Å². The first kappa shape index (κ1) is 16.1. The van der Waals surface area contributed by atoms with E-state index in [1.807, 2.05) is 55.5 Å². The third kappa shape index (κ3) is 3.56. The maximum atomic E-state index is 12.5. The highest BCUT2D eigenvalue weighted by atomic mass is 16.5. The Morgan fingerprint density at radius 1 is 1.17 bits per heavy atom. The summed E-state index contributed by atoms with van der Waals surface area (Å²) in [5, 5.41) is 5.72. The minimum absolute atomic E-state index is 0.124. The van der Waals surface area contributed by atoms with E-state index in [1.54, 1.807) is 0 Å². The Balaban J connectivity index is 1.64. The minimum Gasteiger partial charge on any atom is -0.480 e. The SMILES string of the molecule is CC(=O)Nc1cccc([C@H](C)NC(=O)[C@H]2Cc3ccccc3O2)c1. The fraction of sp³-hybridized carbons (Fsp3) is 0.263. The largest absolute Gasteiger partial charge is 0.480 e. The zero-order chi connectivity index (χ0) is 17.1. The maximum absolute atomic E-state index is 12.5. The summed E-state index contributed by atoms with van der Waals surface area (Å²) in [6.07, 6.45) is 0.0871. The lowest BCUT2D eigenvalue weighted by atomic mass is 10.1. The van der Waals surface area contributed by atoms with Gasteiger partial charge in [0, 0.05) is 19.0 Å². The van der Waals surface area contributed by atoms with Gasteiger partial charge in [0.1, 0.15) is 5.75 Å². The van der Waals surface area contributed by atoms with Gasteiger partial charge in [0.25, 0.3) is 5.91 Å². The Bertz CT molecular complexity index is 748. The molecule has 5 nitrogen and oxygen atoms in total. The first-order valence-electron chi connectivity index (χ1n) is 7.95. The number of rotatable bonds is 4. The molecule has 0 spiro atoms. The van der Waals surface area contributed by atoms with Crippen molar-refractivity contribution in [1.82, 2.24) is 5.32 Å². The van der Waals surface area contributed by atoms with Crippen molar-refractivity contribution in [2.75, 3.05) is 5.32 Å². The molecule has 24 heavy (non-hydrogen) atoms. The highest BCUT2D eigenvalue weighted by Crippen LogP contribution is 2.28. The van der Waals surface area contributed by atoms with Crippen LogP contribution in [-0.4, -0.2) is 17.9 Å². The Morgan fingerprint density at radius 2 is 1.96 bits per heavy atom. The van der Waals surface area contributed by atoms with E-state index in [0.29, 0.717) is 12.1 Å². The van der Waals surface area contributed by atoms with Crippen LogP contribution in [0.2, 0.25) is 0 Å². The zero-order valence-electron chi connectivity index (χ0n) is 13.7. The molecule has 5 heteroatoms. The molecule has 2 atom stereocenters. The summed E-state index contributed by atoms with van der Waals surface area (Å²) >= 11 is 0. The lowest BCUT2D eigenvalue weighted by molar-refractivity contribution is -0.127. The van der Waals surface area contributed by atoms with Crippen molar-refractivity contribution >= 4 is 17.5 Å². The summed E-state index contributed by atoms with van der Waals surface area (Å²) in [7, 11) is 0. The molecular formula is C19H20N2O3. The van der Waals surface area contributed by atoms with Gasteiger partial charge in [-0.2, -0.15) is 0 Å². The van der Waals surface area contributed by atoms with E-state index >= 15 is 0 Å². The van der Waals surface area contributed by atoms with Crippen molar-refractivity contribution < 1.29 is 14.3 Å². The van der Waals surface area contributed by atoms with E-state index in [1.165, 1.54) is 6.92 Å². The van der Waals surface area contributed by atoms with Gasteiger partial charge in [-0.3, -0.25) is 9.59 Å². The molecule has 0 saturated heterocycles. The summed E-state index contributed by atoms with van der Waals surface area (Å²) in [6, 6.07) is 15.0. The molecule has 2 N–H and O–H groups in total. The van der Waals surface area contributed by atoms with E-state index in [2.05, 4.69) is 10.6 Å². The van der Waals surface area contributed by atoms with Gasteiger partial charge in [-0.15, -0.1) is 0 Å². The number of anilines is 1. The van der Waals surface area contributed by atoms with Crippen LogP contribution in [0.1, 0.15) is 31.0 Å². The van der Waals surface area contributed by atoms with E-state index in [-0.39, 0.29) is 17.9 Å². The standard InChI is InChI=1S/C19H20N2O3/c1-12(14-7-5-8-16(10-14)21-13(2)22)20-19(23)18-11-15-6-3-4-9-17(15)24-18/h3-10,12,18H,11H2,1-2H3,(H,20,23)(H,21,22)/t12-,18+/m0/s1. The first-order chi connectivity index (χ1) is 11.5. The summed E-state index contributed by atoms with van der Waals surface area (Å²) < 4.78 is 5.71. The van der Waals surface area contributed by atoms with Crippen LogP contribution in [0.3, 0.4) is 0 Å². The number of para-hydroxylation sites is 1. The highest BCUT2D eigenvalue weighted by Gasteiger charge is 2.29. The Morgan fingerprint density at radius 3 is 2.71 bits per heavy atom. The van der Waals surface area contributed by atoms with Crippen molar-refractivity contribution in [1.29, 1.82) is 0 Å². The Labute approximate surface area is 141 Å². The Kier molecular flexibility index (Phi) is 4.51. The molecule has 0 fully saturated rings. The van der Waals surface area contributed by atoms with Crippen molar-refractivity contribution in [2.45, 2.75) is 32.4 Å². The van der Waals surface area contributed by atoms with Crippen LogP contribution in [0, 0.1) is 0 Å². The summed E-state index contributed by atoms with van der Waals surface area (Å²) in [6.45, 7) is 3.37. The smallest absolute Gasteiger partial charge is 0.261 e. The van der Waals surface area contributed by atoms with Crippen molar-refractivity contribution in [2.24, 2.45) is 0 Å². The summed E-state index contributed by atoms with van der Waals surface area (Å²) in [4.78, 5) is 23.6. The van der Waals surface area contributed by atoms with Gasteiger partial charge in [-0.1, -0.05) is 30.3 Å². The number of hydrogen-bond donors (Lipinski definition) is 2. The third-order valence-electron chi connectivity index (χ3n) is 4.01. The van der Waals surface area contributed by atoms with E-state index in [9.17, 15) is 9.59 Å². The minimum atomic E-state index is -0.497. The molecule has 0 radical (unpaired) electrons. The molecule has 124 valence electrons. The van der Waals surface area contributed by atoms with E-state index in [0.717, 1.165) is 16.9 Å². The number of carbonyl (C=O) groups is 2. The molecule has 0 aliphatic carbocycles. The van der Waals surface area contributed by atoms with Crippen LogP contribution in [0.15, 0.2) is 48.5 Å². The van der Waals surface area contributed by atoms with Gasteiger partial charge in [0.15, 0.2) is 6.10 Å². The lowest BCUT2D eigenvalue weighted by Gasteiger charge is -2.18. The summed E-state index contributed by atoms with van der Waals surface area (Å²) in [5.41, 5.74) is 2.69. The molecule has 2 aromatic carbocycles. The predicted molar refractivity (Wildman–Crippen MR) is 91.9 cm³/mol. The predicted octanol–water partition coefficient (Wildman–Crippen LogP) is 2.83. The van der Waals surface area contributed by atoms with Gasteiger partial charge in [0.2, 0.25) is 5.91 Å². The average Bonchev–Trinajstić information content (AvgIpc) is 2.98. The monoisotopic (exact) mass is 324 g/mol. The number of fused-ring (bicyclic) bond motifs is 1. The highest BCUT2D eigenvalue weighted by molar-refractivity contribution is 5.88. The molecule has 0 bridgehead atoms. The van der Waals surface area contributed by atoms with E-state index < -0.39 is 6.10 Å². The van der Waals surface area contributed by atoms with Gasteiger partial charge in [-0.05, 0) is 36.2 Å². The van der Waals surface area contributed by atoms with Crippen molar-refractivity contribution in [3.63, 3.8) is 0 Å². The van der Waals surface area contributed by atoms with Crippen LogP contribution < -0.4 is 15.4 Å². The van der Waals surface area contributed by atoms with Gasteiger partial charge >= 0.3 is 0 Å². The van der Waals surface area contributed by atoms with Crippen LogP contribution in [0.4, 0.5) is 5.69 Å². The van der Waals surface area contributed by atoms with Crippen LogP contribution >= 0.6 is 0 Å². The molecule has 0 aromatic heterocycles. The third-order valence-corrected chi connectivity index (χ3v) is 4.01. The van der Waals surface area contributed by atoms with Gasteiger partial charge in [-0.25, -0.2) is 0 Å². The Hall–Kier alpha value is -2.82. The molecule has 0 unspecified atom stereocenters. The number of benzene rings is 2. The second-order valence-corrected chi connectivity index (χ2v) is 5.96. The second kappa shape index (κ2) is 6.74. The molecule has 1 aliphatic heterocycles. The number of ether oxygens (including phenoxy) is 1. The molecule has 1 aliphatic rings. The molecule has 1 heterocycles. The number of nitrogens with one attached hydrogen (secondary N) is 2. The van der Waals surface area contributed by atoms with Crippen molar-refractivity contribution in [3.05, 3.63) is 59.7 Å². The molecule has 0 saturated carbocycles. The first-order valence-corrected chi connectivity index (χ1v) is 7.95. The average molecular weight is 324 g/mol. The number of carbonyl (C=O) groups excluding carboxylic acids is 2. The lowest BCUT2D eigenvalue weighted by Crippen LogP contribution is -2.38. The molecule has 3 rings (SSSR count). The fourth-order valence-electron chi connectivity index (χ4n) is 2.81. The summed E-state index contributed by atoms with van der Waals surface area (Å²) in [5.74, 6) is 0.516. The van der Waals surface area contributed by atoms with Crippen molar-refractivity contribution in [3.8, 4) is 5.75 Å². The van der Waals surface area contributed by atoms with Crippen LogP contribution in [-0.2, 0) is 16.0 Å². The topological polar surface area (TPSA) is 67.4 Å². The maximum Gasteiger partial charge on any atom is 0.261 e. The zero-order valence-corrected chi connectivity index (χ0v) is 13.7. The number of amides is 2. The van der Waals surface area contributed by atoms with Crippen LogP contribution in [0.5, 0.6) is 5.75 Å². The number of hydrogen-bond acceptors (Lipinski definition) is 3. The van der Waals surface area contributed by atoms with Crippen LogP contribution in [0.25, 0.3) is 0 Å². The normalized spacial score (nSPS) is 16.7. The second-order valence-electron chi connectivity index (χ2n) is 5.96. The van der Waals surface area contributed by atoms with Gasteiger partial charge in [0.05, 0.1) is 6.04 Å². The van der Waals surface area contributed by atoms with Gasteiger partial charge < -0.3 is 15.4 Å². The quantitative estimate of drug-likeness (QED) is 0.909. The molecular weight excluding hydrogens is 304 g/mol. The fourth-order valence-corrected chi connectivity index (χ4v) is 2.81. The molecule has 2 aromatic rings. The molecule has 2 amide bonds.